The molecule has 8 heteroatoms. The normalized spacial score (nSPS) is 10.2. The van der Waals surface area contributed by atoms with Gasteiger partial charge in [-0.2, -0.15) is 4.98 Å². The van der Waals surface area contributed by atoms with Gasteiger partial charge in [-0.3, -0.25) is 4.79 Å². The van der Waals surface area contributed by atoms with Gasteiger partial charge in [-0.05, 0) is 38.1 Å². The fourth-order valence-corrected chi connectivity index (χ4v) is 2.03. The molecule has 0 aliphatic heterocycles. The molecule has 25 heavy (non-hydrogen) atoms. The molecule has 0 saturated carbocycles. The van der Waals surface area contributed by atoms with Gasteiger partial charge in [0.15, 0.2) is 6.61 Å². The first-order valence-electron chi connectivity index (χ1n) is 8.05. The average molecular weight is 347 g/mol. The van der Waals surface area contributed by atoms with Gasteiger partial charge in [0.1, 0.15) is 17.4 Å². The summed E-state index contributed by atoms with van der Waals surface area (Å²) in [6, 6.07) is 7.37. The lowest BCUT2D eigenvalue weighted by atomic mass is 10.3. The maximum Gasteiger partial charge on any atom is 0.258 e. The second kappa shape index (κ2) is 9.41. The van der Waals surface area contributed by atoms with Gasteiger partial charge in [-0.15, -0.1) is 0 Å². The molecule has 7 nitrogen and oxygen atoms in total. The third-order valence-electron chi connectivity index (χ3n) is 3.13. The molecule has 1 amide bonds. The zero-order valence-electron chi connectivity index (χ0n) is 14.3. The minimum Gasteiger partial charge on any atom is -0.484 e. The Bertz CT molecular complexity index is 694. The van der Waals surface area contributed by atoms with E-state index >= 15 is 0 Å². The maximum absolute atomic E-state index is 12.8. The Hall–Kier alpha value is -2.90. The zero-order chi connectivity index (χ0) is 18.1. The summed E-state index contributed by atoms with van der Waals surface area (Å²) in [5.74, 6) is 1.10. The zero-order valence-corrected chi connectivity index (χ0v) is 14.3. The van der Waals surface area contributed by atoms with Gasteiger partial charge in [0.2, 0.25) is 5.95 Å². The molecule has 0 spiro atoms. The van der Waals surface area contributed by atoms with E-state index in [4.69, 9.17) is 4.74 Å². The standard InChI is InChI=1S/C17H22FN5O2/c1-3-19-15-10-12(2)22-17(23-15)21-9-8-20-16(24)11-25-14-6-4-13(18)5-7-14/h4-7,10H,3,8-9,11H2,1-2H3,(H,20,24)(H2,19,21,22,23). The van der Waals surface area contributed by atoms with Crippen molar-refractivity contribution in [2.45, 2.75) is 13.8 Å². The topological polar surface area (TPSA) is 88.2 Å². The summed E-state index contributed by atoms with van der Waals surface area (Å²) < 4.78 is 18.0. The number of hydrogen-bond acceptors (Lipinski definition) is 6. The highest BCUT2D eigenvalue weighted by molar-refractivity contribution is 5.77. The van der Waals surface area contributed by atoms with Gasteiger partial charge < -0.3 is 20.7 Å². The van der Waals surface area contributed by atoms with Gasteiger partial charge in [0, 0.05) is 31.4 Å². The van der Waals surface area contributed by atoms with E-state index < -0.39 is 0 Å². The van der Waals surface area contributed by atoms with Gasteiger partial charge in [0.25, 0.3) is 5.91 Å². The van der Waals surface area contributed by atoms with Crippen molar-refractivity contribution in [3.05, 3.63) is 41.8 Å². The van der Waals surface area contributed by atoms with Crippen LogP contribution in [0.2, 0.25) is 0 Å². The number of amides is 1. The van der Waals surface area contributed by atoms with Gasteiger partial charge in [-0.1, -0.05) is 0 Å². The number of nitrogens with one attached hydrogen (secondary N) is 3. The quantitative estimate of drug-likeness (QED) is 0.601. The van der Waals surface area contributed by atoms with Crippen molar-refractivity contribution in [2.24, 2.45) is 0 Å². The minimum atomic E-state index is -0.349. The summed E-state index contributed by atoms with van der Waals surface area (Å²) in [5.41, 5.74) is 0.852. The van der Waals surface area contributed by atoms with Crippen molar-refractivity contribution >= 4 is 17.7 Å². The summed E-state index contributed by atoms with van der Waals surface area (Å²) in [6.07, 6.45) is 0. The largest absolute Gasteiger partial charge is 0.484 e. The Morgan fingerprint density at radius 1 is 1.16 bits per heavy atom. The predicted octanol–water partition coefficient (Wildman–Crippen LogP) is 1.96. The molecule has 0 fully saturated rings. The van der Waals surface area contributed by atoms with Crippen molar-refractivity contribution in [2.75, 3.05) is 36.9 Å². The van der Waals surface area contributed by atoms with E-state index in [1.807, 2.05) is 19.9 Å². The highest BCUT2D eigenvalue weighted by atomic mass is 19.1. The number of anilines is 2. The number of ether oxygens (including phenoxy) is 1. The molecule has 2 aromatic rings. The first-order valence-corrected chi connectivity index (χ1v) is 8.05. The Morgan fingerprint density at radius 2 is 1.92 bits per heavy atom. The lowest BCUT2D eigenvalue weighted by Crippen LogP contribution is -2.32. The van der Waals surface area contributed by atoms with Gasteiger partial charge in [0.05, 0.1) is 0 Å². The number of halogens is 1. The molecule has 0 bridgehead atoms. The van der Waals surface area contributed by atoms with Crippen LogP contribution in [0.15, 0.2) is 30.3 Å². The Kier molecular flexibility index (Phi) is 6.94. The first-order chi connectivity index (χ1) is 12.1. The predicted molar refractivity (Wildman–Crippen MR) is 94.3 cm³/mol. The third kappa shape index (κ3) is 6.62. The number of aromatic nitrogens is 2. The van der Waals surface area contributed by atoms with E-state index in [0.29, 0.717) is 24.8 Å². The highest BCUT2D eigenvalue weighted by Crippen LogP contribution is 2.10. The molecule has 0 aliphatic rings. The molecule has 0 radical (unpaired) electrons. The summed E-state index contributed by atoms with van der Waals surface area (Å²) in [5, 5.41) is 8.91. The average Bonchev–Trinajstić information content (AvgIpc) is 2.58. The molecule has 0 saturated heterocycles. The molecule has 1 heterocycles. The molecular formula is C17H22FN5O2. The smallest absolute Gasteiger partial charge is 0.258 e. The molecule has 0 aliphatic carbocycles. The number of hydrogen-bond donors (Lipinski definition) is 3. The first kappa shape index (κ1) is 18.4. The molecule has 3 N–H and O–H groups in total. The highest BCUT2D eigenvalue weighted by Gasteiger charge is 2.04. The molecule has 0 atom stereocenters. The molecular weight excluding hydrogens is 325 g/mol. The van der Waals surface area contributed by atoms with Gasteiger partial charge in [-0.25, -0.2) is 9.37 Å². The van der Waals surface area contributed by atoms with Crippen molar-refractivity contribution in [1.82, 2.24) is 15.3 Å². The molecule has 1 aromatic carbocycles. The van der Waals surface area contributed by atoms with Crippen LogP contribution in [0.4, 0.5) is 16.2 Å². The number of nitrogens with zero attached hydrogens (tertiary/aromatic N) is 2. The lowest BCUT2D eigenvalue weighted by Gasteiger charge is -2.10. The van der Waals surface area contributed by atoms with Crippen LogP contribution in [0, 0.1) is 12.7 Å². The van der Waals surface area contributed by atoms with E-state index in [1.54, 1.807) is 0 Å². The third-order valence-corrected chi connectivity index (χ3v) is 3.13. The monoisotopic (exact) mass is 347 g/mol. The van der Waals surface area contributed by atoms with E-state index in [0.717, 1.165) is 18.1 Å². The van der Waals surface area contributed by atoms with Crippen molar-refractivity contribution in [3.8, 4) is 5.75 Å². The van der Waals surface area contributed by atoms with Crippen LogP contribution >= 0.6 is 0 Å². The Labute approximate surface area is 146 Å². The van der Waals surface area contributed by atoms with Crippen LogP contribution in [0.25, 0.3) is 0 Å². The van der Waals surface area contributed by atoms with Crippen molar-refractivity contribution < 1.29 is 13.9 Å². The summed E-state index contributed by atoms with van der Waals surface area (Å²) in [7, 11) is 0. The lowest BCUT2D eigenvalue weighted by molar-refractivity contribution is -0.123. The van der Waals surface area contributed by atoms with Gasteiger partial charge >= 0.3 is 0 Å². The SMILES string of the molecule is CCNc1cc(C)nc(NCCNC(=O)COc2ccc(F)cc2)n1. The Balaban J connectivity index is 1.68. The molecule has 134 valence electrons. The minimum absolute atomic E-state index is 0.128. The Morgan fingerprint density at radius 3 is 2.64 bits per heavy atom. The van der Waals surface area contributed by atoms with Crippen LogP contribution in [0.3, 0.4) is 0 Å². The summed E-state index contributed by atoms with van der Waals surface area (Å²) in [4.78, 5) is 20.3. The van der Waals surface area contributed by atoms with Crippen molar-refractivity contribution in [1.29, 1.82) is 0 Å². The molecule has 2 rings (SSSR count). The fraction of sp³-hybridized carbons (Fsp3) is 0.353. The van der Waals surface area contributed by atoms with Crippen LogP contribution in [0.5, 0.6) is 5.75 Å². The van der Waals surface area contributed by atoms with Crippen LogP contribution in [0.1, 0.15) is 12.6 Å². The summed E-state index contributed by atoms with van der Waals surface area (Å²) in [6.45, 7) is 5.42. The van der Waals surface area contributed by atoms with E-state index in [9.17, 15) is 9.18 Å². The second-order valence-electron chi connectivity index (χ2n) is 5.27. The number of carbonyl (C=O) groups is 1. The number of rotatable bonds is 9. The van der Waals surface area contributed by atoms with E-state index in [1.165, 1.54) is 24.3 Å². The second-order valence-corrected chi connectivity index (χ2v) is 5.27. The fourth-order valence-electron chi connectivity index (χ4n) is 2.03. The number of aryl methyl sites for hydroxylation is 1. The van der Waals surface area contributed by atoms with E-state index in [2.05, 4.69) is 25.9 Å². The van der Waals surface area contributed by atoms with Crippen LogP contribution in [-0.2, 0) is 4.79 Å². The van der Waals surface area contributed by atoms with Crippen LogP contribution in [-0.4, -0.2) is 42.1 Å². The number of benzene rings is 1. The summed E-state index contributed by atoms with van der Waals surface area (Å²) >= 11 is 0. The van der Waals surface area contributed by atoms with E-state index in [-0.39, 0.29) is 18.3 Å². The number of carbonyl (C=O) groups excluding carboxylic acids is 1. The van der Waals surface area contributed by atoms with Crippen molar-refractivity contribution in [3.63, 3.8) is 0 Å². The molecule has 1 aromatic heterocycles. The maximum atomic E-state index is 12.8. The van der Waals surface area contributed by atoms with Crippen LogP contribution < -0.4 is 20.7 Å². The molecule has 0 unspecified atom stereocenters.